The van der Waals surface area contributed by atoms with Crippen LogP contribution in [0.25, 0.3) is 10.9 Å². The lowest BCUT2D eigenvalue weighted by atomic mass is 9.86. The highest BCUT2D eigenvalue weighted by Crippen LogP contribution is 2.28. The van der Waals surface area contributed by atoms with Crippen LogP contribution in [0.2, 0.25) is 0 Å². The van der Waals surface area contributed by atoms with Gasteiger partial charge in [-0.1, -0.05) is 25.1 Å². The first kappa shape index (κ1) is 13.7. The maximum Gasteiger partial charge on any atom is 0.306 e. The Balaban J connectivity index is 1.79. The van der Waals surface area contributed by atoms with E-state index in [1.807, 2.05) is 42.1 Å². The van der Waals surface area contributed by atoms with Crippen LogP contribution in [-0.4, -0.2) is 39.5 Å². The number of rotatable bonds is 3. The molecule has 1 aromatic carbocycles. The smallest absolute Gasteiger partial charge is 0.306 e. The molecule has 1 aliphatic rings. The molecule has 2 aromatic rings. The van der Waals surface area contributed by atoms with Crippen molar-refractivity contribution in [1.82, 2.24) is 9.47 Å². The van der Waals surface area contributed by atoms with Crippen molar-refractivity contribution in [2.45, 2.75) is 6.92 Å². The molecule has 0 radical (unpaired) electrons. The van der Waals surface area contributed by atoms with E-state index in [9.17, 15) is 9.59 Å². The van der Waals surface area contributed by atoms with Crippen molar-refractivity contribution < 1.29 is 14.7 Å². The van der Waals surface area contributed by atoms with Gasteiger partial charge in [-0.15, -0.1) is 0 Å². The molecule has 1 N–H and O–H groups in total. The van der Waals surface area contributed by atoms with Gasteiger partial charge in [0.05, 0.1) is 11.5 Å². The van der Waals surface area contributed by atoms with E-state index < -0.39 is 11.9 Å². The molecular formula is C16H18N2O3. The number of amides is 1. The zero-order chi connectivity index (χ0) is 15.1. The molecule has 0 saturated carbocycles. The van der Waals surface area contributed by atoms with Gasteiger partial charge in [0.1, 0.15) is 0 Å². The first-order chi connectivity index (χ1) is 9.99. The molecule has 1 aliphatic heterocycles. The first-order valence-electron chi connectivity index (χ1n) is 7.05. The summed E-state index contributed by atoms with van der Waals surface area (Å²) in [6.07, 6.45) is 1.85. The number of aryl methyl sites for hydroxylation is 1. The second kappa shape index (κ2) is 4.91. The molecular weight excluding hydrogens is 268 g/mol. The SMILES string of the molecule is CC(C(=O)O)C1CN(C(=O)c2cn(C)c3ccccc23)C1. The van der Waals surface area contributed by atoms with E-state index in [0.717, 1.165) is 10.9 Å². The Labute approximate surface area is 122 Å². The van der Waals surface area contributed by atoms with Crippen LogP contribution < -0.4 is 0 Å². The molecule has 1 atom stereocenters. The molecule has 3 rings (SSSR count). The summed E-state index contributed by atoms with van der Waals surface area (Å²) in [5.74, 6) is -1.15. The zero-order valence-electron chi connectivity index (χ0n) is 12.1. The summed E-state index contributed by atoms with van der Waals surface area (Å²) in [5.41, 5.74) is 1.71. The number of carbonyl (C=O) groups is 2. The van der Waals surface area contributed by atoms with Crippen LogP contribution in [0, 0.1) is 11.8 Å². The highest BCUT2D eigenvalue weighted by atomic mass is 16.4. The van der Waals surface area contributed by atoms with Gasteiger partial charge < -0.3 is 14.6 Å². The molecule has 1 fully saturated rings. The summed E-state index contributed by atoms with van der Waals surface area (Å²) in [7, 11) is 1.92. The fourth-order valence-corrected chi connectivity index (χ4v) is 2.88. The van der Waals surface area contributed by atoms with Gasteiger partial charge in [-0.05, 0) is 6.07 Å². The summed E-state index contributed by atoms with van der Waals surface area (Å²) in [4.78, 5) is 25.2. The van der Waals surface area contributed by atoms with Gasteiger partial charge in [0.15, 0.2) is 0 Å². The number of benzene rings is 1. The molecule has 110 valence electrons. The summed E-state index contributed by atoms with van der Waals surface area (Å²) in [6, 6.07) is 7.80. The standard InChI is InChI=1S/C16H18N2O3/c1-10(16(20)21)11-7-18(8-11)15(19)13-9-17(2)14-6-4-3-5-12(13)14/h3-6,9-11H,7-8H2,1-2H3,(H,20,21). The van der Waals surface area contributed by atoms with Crippen molar-refractivity contribution in [3.63, 3.8) is 0 Å². The number of carboxylic acids is 1. The van der Waals surface area contributed by atoms with E-state index in [1.54, 1.807) is 11.8 Å². The van der Waals surface area contributed by atoms with E-state index in [0.29, 0.717) is 18.7 Å². The maximum atomic E-state index is 12.6. The van der Waals surface area contributed by atoms with Crippen LogP contribution in [-0.2, 0) is 11.8 Å². The first-order valence-corrected chi connectivity index (χ1v) is 7.05. The van der Waals surface area contributed by atoms with Crippen LogP contribution in [0.3, 0.4) is 0 Å². The Hall–Kier alpha value is -2.30. The Kier molecular flexibility index (Phi) is 3.20. The average molecular weight is 286 g/mol. The number of fused-ring (bicyclic) bond motifs is 1. The predicted molar refractivity (Wildman–Crippen MR) is 79.1 cm³/mol. The largest absolute Gasteiger partial charge is 0.481 e. The topological polar surface area (TPSA) is 62.5 Å². The van der Waals surface area contributed by atoms with Gasteiger partial charge >= 0.3 is 5.97 Å². The van der Waals surface area contributed by atoms with Gasteiger partial charge in [0, 0.05) is 43.2 Å². The van der Waals surface area contributed by atoms with Crippen LogP contribution in [0.4, 0.5) is 0 Å². The lowest BCUT2D eigenvalue weighted by Gasteiger charge is -2.41. The number of nitrogens with zero attached hydrogens (tertiary/aromatic N) is 2. The minimum Gasteiger partial charge on any atom is -0.481 e. The average Bonchev–Trinajstić information content (AvgIpc) is 2.75. The van der Waals surface area contributed by atoms with Gasteiger partial charge in [0.25, 0.3) is 5.91 Å². The van der Waals surface area contributed by atoms with Gasteiger partial charge in [0.2, 0.25) is 0 Å². The van der Waals surface area contributed by atoms with E-state index in [1.165, 1.54) is 0 Å². The number of carboxylic acid groups (broad SMARTS) is 1. The Bertz CT molecular complexity index is 713. The minimum absolute atomic E-state index is 0.0133. The molecule has 5 heteroatoms. The fourth-order valence-electron chi connectivity index (χ4n) is 2.88. The van der Waals surface area contributed by atoms with Crippen molar-refractivity contribution in [2.75, 3.05) is 13.1 Å². The van der Waals surface area contributed by atoms with Crippen molar-refractivity contribution in [3.8, 4) is 0 Å². The van der Waals surface area contributed by atoms with Crippen LogP contribution >= 0.6 is 0 Å². The molecule has 0 bridgehead atoms. The lowest BCUT2D eigenvalue weighted by Crippen LogP contribution is -2.53. The second-order valence-corrected chi connectivity index (χ2v) is 5.77. The van der Waals surface area contributed by atoms with E-state index >= 15 is 0 Å². The Morgan fingerprint density at radius 2 is 1.95 bits per heavy atom. The summed E-state index contributed by atoms with van der Waals surface area (Å²) in [5, 5.41) is 9.94. The van der Waals surface area contributed by atoms with E-state index in [-0.39, 0.29) is 11.8 Å². The highest BCUT2D eigenvalue weighted by Gasteiger charge is 2.38. The fraction of sp³-hybridized carbons (Fsp3) is 0.375. The maximum absolute atomic E-state index is 12.6. The Morgan fingerprint density at radius 1 is 1.29 bits per heavy atom. The van der Waals surface area contributed by atoms with Crippen molar-refractivity contribution >= 4 is 22.8 Å². The number of hydrogen-bond donors (Lipinski definition) is 1. The minimum atomic E-state index is -0.794. The van der Waals surface area contributed by atoms with Gasteiger partial charge in [-0.25, -0.2) is 0 Å². The number of carbonyl (C=O) groups excluding carboxylic acids is 1. The molecule has 0 aliphatic carbocycles. The molecule has 5 nitrogen and oxygen atoms in total. The predicted octanol–water partition coefficient (Wildman–Crippen LogP) is 1.97. The third-order valence-corrected chi connectivity index (χ3v) is 4.42. The third-order valence-electron chi connectivity index (χ3n) is 4.42. The number of para-hydroxylation sites is 1. The van der Waals surface area contributed by atoms with Crippen LogP contribution in [0.15, 0.2) is 30.5 Å². The summed E-state index contributed by atoms with van der Waals surface area (Å²) < 4.78 is 1.94. The van der Waals surface area contributed by atoms with Gasteiger partial charge in [-0.3, -0.25) is 9.59 Å². The Morgan fingerprint density at radius 3 is 2.62 bits per heavy atom. The van der Waals surface area contributed by atoms with E-state index in [4.69, 9.17) is 5.11 Å². The number of aliphatic carboxylic acids is 1. The second-order valence-electron chi connectivity index (χ2n) is 5.77. The quantitative estimate of drug-likeness (QED) is 0.938. The molecule has 21 heavy (non-hydrogen) atoms. The zero-order valence-corrected chi connectivity index (χ0v) is 12.1. The molecule has 2 heterocycles. The lowest BCUT2D eigenvalue weighted by molar-refractivity contribution is -0.144. The van der Waals surface area contributed by atoms with Crippen LogP contribution in [0.5, 0.6) is 0 Å². The van der Waals surface area contributed by atoms with Crippen molar-refractivity contribution in [2.24, 2.45) is 18.9 Å². The van der Waals surface area contributed by atoms with E-state index in [2.05, 4.69) is 0 Å². The van der Waals surface area contributed by atoms with Crippen molar-refractivity contribution in [3.05, 3.63) is 36.0 Å². The number of aromatic nitrogens is 1. The third kappa shape index (κ3) is 2.18. The number of hydrogen-bond acceptors (Lipinski definition) is 2. The summed E-state index contributed by atoms with van der Waals surface area (Å²) >= 11 is 0. The summed E-state index contributed by atoms with van der Waals surface area (Å²) in [6.45, 7) is 2.75. The monoisotopic (exact) mass is 286 g/mol. The molecule has 0 spiro atoms. The molecule has 1 unspecified atom stereocenters. The van der Waals surface area contributed by atoms with Crippen LogP contribution in [0.1, 0.15) is 17.3 Å². The van der Waals surface area contributed by atoms with Gasteiger partial charge in [-0.2, -0.15) is 0 Å². The molecule has 1 aromatic heterocycles. The number of likely N-dealkylation sites (tertiary alicyclic amines) is 1. The normalized spacial score (nSPS) is 16.8. The molecule has 1 amide bonds. The molecule has 1 saturated heterocycles. The van der Waals surface area contributed by atoms with Crippen molar-refractivity contribution in [1.29, 1.82) is 0 Å². The highest BCUT2D eigenvalue weighted by molar-refractivity contribution is 6.07.